The molecule has 0 fully saturated rings. The third-order valence-corrected chi connectivity index (χ3v) is 3.36. The molecule has 1 aromatic rings. The number of benzene rings is 1. The van der Waals surface area contributed by atoms with Crippen LogP contribution in [0.25, 0.3) is 0 Å². The maximum atomic E-state index is 12.1. The molecule has 1 heterocycles. The summed E-state index contributed by atoms with van der Waals surface area (Å²) < 4.78 is 0. The van der Waals surface area contributed by atoms with Gasteiger partial charge in [0.25, 0.3) is 0 Å². The van der Waals surface area contributed by atoms with Crippen molar-refractivity contribution in [2.75, 3.05) is 0 Å². The largest absolute Gasteiger partial charge is 0.480 e. The molecule has 1 amide bonds. The van der Waals surface area contributed by atoms with Crippen molar-refractivity contribution in [1.29, 1.82) is 0 Å². The fraction of sp³-hybridized carbons (Fsp3) is 0.250. The second-order valence-corrected chi connectivity index (χ2v) is 4.68. The topological polar surface area (TPSA) is 57.6 Å². The van der Waals surface area contributed by atoms with E-state index in [1.165, 1.54) is 11.0 Å². The Labute approximate surface area is 118 Å². The van der Waals surface area contributed by atoms with Crippen molar-refractivity contribution in [3.63, 3.8) is 0 Å². The van der Waals surface area contributed by atoms with E-state index in [0.717, 1.165) is 11.1 Å². The van der Waals surface area contributed by atoms with Gasteiger partial charge in [0, 0.05) is 19.0 Å². The lowest BCUT2D eigenvalue weighted by atomic mass is 9.94. The van der Waals surface area contributed by atoms with Crippen LogP contribution >= 0.6 is 0 Å². The summed E-state index contributed by atoms with van der Waals surface area (Å²) >= 11 is 0. The van der Waals surface area contributed by atoms with Crippen LogP contribution in [-0.2, 0) is 22.6 Å². The van der Waals surface area contributed by atoms with Crippen molar-refractivity contribution in [2.45, 2.75) is 25.9 Å². The number of rotatable bonds is 3. The molecule has 1 aliphatic rings. The molecule has 1 N–H and O–H groups in total. The standard InChI is InChI=1S/C16H17NO3/c1-2-3-4-9-15(18)17-11-13-8-6-5-7-12(13)10-14(17)16(19)20/h2-9,14H,10-11H2,1H3,(H,19,20). The summed E-state index contributed by atoms with van der Waals surface area (Å²) in [6.45, 7) is 2.19. The van der Waals surface area contributed by atoms with Crippen LogP contribution in [0.2, 0.25) is 0 Å². The van der Waals surface area contributed by atoms with Crippen molar-refractivity contribution >= 4 is 11.9 Å². The smallest absolute Gasteiger partial charge is 0.326 e. The van der Waals surface area contributed by atoms with Crippen LogP contribution in [0.5, 0.6) is 0 Å². The fourth-order valence-electron chi connectivity index (χ4n) is 2.32. The van der Waals surface area contributed by atoms with Crippen LogP contribution in [-0.4, -0.2) is 27.9 Å². The maximum absolute atomic E-state index is 12.1. The minimum Gasteiger partial charge on any atom is -0.480 e. The van der Waals surface area contributed by atoms with Crippen molar-refractivity contribution in [3.05, 3.63) is 59.7 Å². The number of aliphatic carboxylic acids is 1. The third kappa shape index (κ3) is 2.96. The first-order chi connectivity index (χ1) is 9.63. The highest BCUT2D eigenvalue weighted by molar-refractivity contribution is 5.91. The van der Waals surface area contributed by atoms with Crippen molar-refractivity contribution in [3.8, 4) is 0 Å². The molecule has 2 rings (SSSR count). The van der Waals surface area contributed by atoms with Crippen LogP contribution in [0.3, 0.4) is 0 Å². The van der Waals surface area contributed by atoms with Crippen LogP contribution in [0.1, 0.15) is 18.1 Å². The molecule has 20 heavy (non-hydrogen) atoms. The second-order valence-electron chi connectivity index (χ2n) is 4.68. The molecule has 0 saturated heterocycles. The highest BCUT2D eigenvalue weighted by Crippen LogP contribution is 2.23. The molecule has 0 bridgehead atoms. The molecule has 0 aliphatic carbocycles. The summed E-state index contributed by atoms with van der Waals surface area (Å²) in [7, 11) is 0. The van der Waals surface area contributed by atoms with Gasteiger partial charge in [0.1, 0.15) is 6.04 Å². The minimum absolute atomic E-state index is 0.273. The van der Waals surface area contributed by atoms with Gasteiger partial charge in [0.05, 0.1) is 0 Å². The zero-order valence-electron chi connectivity index (χ0n) is 11.3. The molecule has 0 radical (unpaired) electrons. The number of hydrogen-bond donors (Lipinski definition) is 1. The lowest BCUT2D eigenvalue weighted by Crippen LogP contribution is -2.48. The molecule has 0 spiro atoms. The van der Waals surface area contributed by atoms with Gasteiger partial charge < -0.3 is 10.0 Å². The van der Waals surface area contributed by atoms with Gasteiger partial charge in [0.2, 0.25) is 5.91 Å². The normalized spacial score (nSPS) is 18.4. The van der Waals surface area contributed by atoms with E-state index < -0.39 is 12.0 Å². The Morgan fingerprint density at radius 1 is 1.25 bits per heavy atom. The molecule has 0 saturated carbocycles. The monoisotopic (exact) mass is 271 g/mol. The van der Waals surface area contributed by atoms with Gasteiger partial charge in [-0.15, -0.1) is 0 Å². The number of fused-ring (bicyclic) bond motifs is 1. The molecule has 104 valence electrons. The van der Waals surface area contributed by atoms with Crippen LogP contribution < -0.4 is 0 Å². The number of carboxylic acid groups (broad SMARTS) is 1. The molecule has 1 atom stereocenters. The van der Waals surface area contributed by atoms with E-state index in [-0.39, 0.29) is 5.91 Å². The van der Waals surface area contributed by atoms with E-state index >= 15 is 0 Å². The van der Waals surface area contributed by atoms with Gasteiger partial charge in [-0.05, 0) is 18.1 Å². The van der Waals surface area contributed by atoms with E-state index in [9.17, 15) is 14.7 Å². The predicted octanol–water partition coefficient (Wildman–Crippen LogP) is 2.16. The Hall–Kier alpha value is -2.36. The van der Waals surface area contributed by atoms with Gasteiger partial charge in [-0.3, -0.25) is 4.79 Å². The van der Waals surface area contributed by atoms with E-state index in [1.807, 2.05) is 37.3 Å². The quantitative estimate of drug-likeness (QED) is 0.677. The maximum Gasteiger partial charge on any atom is 0.326 e. The van der Waals surface area contributed by atoms with Gasteiger partial charge in [0.15, 0.2) is 0 Å². The summed E-state index contributed by atoms with van der Waals surface area (Å²) in [6.07, 6.45) is 6.94. The molecule has 1 unspecified atom stereocenters. The van der Waals surface area contributed by atoms with Crippen molar-refractivity contribution in [1.82, 2.24) is 4.90 Å². The Morgan fingerprint density at radius 2 is 1.95 bits per heavy atom. The van der Waals surface area contributed by atoms with E-state index in [2.05, 4.69) is 0 Å². The first-order valence-corrected chi connectivity index (χ1v) is 6.53. The van der Waals surface area contributed by atoms with Crippen molar-refractivity contribution in [2.24, 2.45) is 0 Å². The fourth-order valence-corrected chi connectivity index (χ4v) is 2.32. The molecular formula is C16H17NO3. The number of carbonyl (C=O) groups excluding carboxylic acids is 1. The van der Waals surface area contributed by atoms with Crippen molar-refractivity contribution < 1.29 is 14.7 Å². The zero-order chi connectivity index (χ0) is 14.5. The summed E-state index contributed by atoms with van der Waals surface area (Å²) in [6, 6.07) is 6.85. The number of carbonyl (C=O) groups is 2. The van der Waals surface area contributed by atoms with Gasteiger partial charge in [-0.25, -0.2) is 4.79 Å². The molecule has 4 nitrogen and oxygen atoms in total. The molecule has 4 heteroatoms. The summed E-state index contributed by atoms with van der Waals surface area (Å²) in [4.78, 5) is 24.9. The van der Waals surface area contributed by atoms with Crippen LogP contribution in [0.4, 0.5) is 0 Å². The summed E-state index contributed by atoms with van der Waals surface area (Å²) in [5.74, 6) is -1.24. The average Bonchev–Trinajstić information content (AvgIpc) is 2.46. The highest BCUT2D eigenvalue weighted by Gasteiger charge is 2.33. The summed E-state index contributed by atoms with van der Waals surface area (Å²) in [5, 5.41) is 9.32. The Kier molecular flexibility index (Phi) is 4.35. The van der Waals surface area contributed by atoms with Crippen LogP contribution in [0, 0.1) is 0 Å². The van der Waals surface area contributed by atoms with Gasteiger partial charge in [-0.1, -0.05) is 42.5 Å². The second kappa shape index (κ2) is 6.19. The Bertz CT molecular complexity index is 575. The number of carboxylic acids is 1. The van der Waals surface area contributed by atoms with E-state index in [4.69, 9.17) is 0 Å². The molecular weight excluding hydrogens is 254 g/mol. The van der Waals surface area contributed by atoms with E-state index in [0.29, 0.717) is 13.0 Å². The van der Waals surface area contributed by atoms with Gasteiger partial charge in [-0.2, -0.15) is 0 Å². The number of hydrogen-bond acceptors (Lipinski definition) is 2. The lowest BCUT2D eigenvalue weighted by Gasteiger charge is -2.33. The average molecular weight is 271 g/mol. The molecule has 1 aliphatic heterocycles. The van der Waals surface area contributed by atoms with E-state index in [1.54, 1.807) is 12.2 Å². The minimum atomic E-state index is -0.965. The lowest BCUT2D eigenvalue weighted by molar-refractivity contribution is -0.149. The first-order valence-electron chi connectivity index (χ1n) is 6.53. The van der Waals surface area contributed by atoms with Gasteiger partial charge >= 0.3 is 5.97 Å². The third-order valence-electron chi connectivity index (χ3n) is 3.36. The Balaban J connectivity index is 2.26. The number of allylic oxidation sites excluding steroid dienone is 3. The number of nitrogens with zero attached hydrogens (tertiary/aromatic N) is 1. The van der Waals surface area contributed by atoms with Crippen LogP contribution in [0.15, 0.2) is 48.6 Å². The Morgan fingerprint density at radius 3 is 2.60 bits per heavy atom. The zero-order valence-corrected chi connectivity index (χ0v) is 11.3. The first kappa shape index (κ1) is 14.1. The molecule has 0 aromatic heterocycles. The SMILES string of the molecule is CC=CC=CC(=O)N1Cc2ccccc2CC1C(=O)O. The summed E-state index contributed by atoms with van der Waals surface area (Å²) in [5.41, 5.74) is 2.01. The number of amides is 1. The predicted molar refractivity (Wildman–Crippen MR) is 76.1 cm³/mol. The highest BCUT2D eigenvalue weighted by atomic mass is 16.4. The molecule has 1 aromatic carbocycles.